The molecule has 0 radical (unpaired) electrons. The van der Waals surface area contributed by atoms with Crippen molar-refractivity contribution in [2.75, 3.05) is 0 Å². The van der Waals surface area contributed by atoms with E-state index in [0.717, 1.165) is 21.7 Å². The summed E-state index contributed by atoms with van der Waals surface area (Å²) < 4.78 is 0. The van der Waals surface area contributed by atoms with Gasteiger partial charge in [0.2, 0.25) is 5.13 Å². The van der Waals surface area contributed by atoms with E-state index in [9.17, 15) is 0 Å². The normalized spacial score (nSPS) is 11.1. The minimum atomic E-state index is 0.673. The fraction of sp³-hybridized carbons (Fsp3) is 0.0588. The first-order valence-electron chi connectivity index (χ1n) is 6.65. The van der Waals surface area contributed by atoms with E-state index in [0.29, 0.717) is 5.13 Å². The third-order valence-corrected chi connectivity index (χ3v) is 4.17. The Hall–Kier alpha value is -2.46. The summed E-state index contributed by atoms with van der Waals surface area (Å²) in [6.07, 6.45) is 1.28. The molecule has 21 heavy (non-hydrogen) atoms. The second-order valence-electron chi connectivity index (χ2n) is 4.68. The highest BCUT2D eigenvalue weighted by atomic mass is 32.1. The van der Waals surface area contributed by atoms with Crippen molar-refractivity contribution in [1.29, 1.82) is 0 Å². The van der Waals surface area contributed by atoms with Gasteiger partial charge in [0.05, 0.1) is 16.9 Å². The summed E-state index contributed by atoms with van der Waals surface area (Å²) in [4.78, 5) is 9.84. The van der Waals surface area contributed by atoms with Crippen LogP contribution in [0.4, 0.5) is 5.13 Å². The summed E-state index contributed by atoms with van der Waals surface area (Å²) >= 11 is 1.55. The molecule has 1 heterocycles. The fourth-order valence-electron chi connectivity index (χ4n) is 2.12. The number of aromatic nitrogens is 1. The van der Waals surface area contributed by atoms with Crippen molar-refractivity contribution in [3.8, 4) is 21.7 Å². The molecular weight excluding hydrogens is 278 g/mol. The maximum atomic E-state index is 5.39. The minimum absolute atomic E-state index is 0.673. The van der Waals surface area contributed by atoms with Gasteiger partial charge in [-0.2, -0.15) is 0 Å². The lowest BCUT2D eigenvalue weighted by Crippen LogP contribution is -1.86. The van der Waals surface area contributed by atoms with Gasteiger partial charge in [-0.25, -0.2) is 9.98 Å². The van der Waals surface area contributed by atoms with E-state index in [4.69, 9.17) is 5.73 Å². The number of hydrogen-bond acceptors (Lipinski definition) is 3. The van der Waals surface area contributed by atoms with E-state index in [1.54, 1.807) is 11.3 Å². The van der Waals surface area contributed by atoms with E-state index in [1.807, 2.05) is 18.2 Å². The van der Waals surface area contributed by atoms with E-state index in [1.165, 1.54) is 11.9 Å². The van der Waals surface area contributed by atoms with E-state index < -0.39 is 0 Å². The molecule has 0 saturated carbocycles. The first kappa shape index (κ1) is 13.5. The summed E-state index contributed by atoms with van der Waals surface area (Å²) in [6, 6.07) is 18.6. The molecular formula is C17H15N3S. The maximum absolute atomic E-state index is 5.39. The highest BCUT2D eigenvalue weighted by Crippen LogP contribution is 2.39. The molecule has 0 aliphatic heterocycles. The molecule has 1 aromatic heterocycles. The second kappa shape index (κ2) is 5.89. The van der Waals surface area contributed by atoms with E-state index >= 15 is 0 Å². The number of nitrogens with zero attached hydrogens (tertiary/aromatic N) is 2. The Balaban J connectivity index is 2.16. The molecule has 0 atom stereocenters. The summed E-state index contributed by atoms with van der Waals surface area (Å²) in [6.45, 7) is 2.08. The first-order chi connectivity index (χ1) is 10.3. The van der Waals surface area contributed by atoms with Gasteiger partial charge in [-0.15, -0.1) is 0 Å². The van der Waals surface area contributed by atoms with Crippen LogP contribution in [-0.2, 0) is 0 Å². The van der Waals surface area contributed by atoms with Gasteiger partial charge in [-0.05, 0) is 12.5 Å². The monoisotopic (exact) mass is 293 g/mol. The third-order valence-electron chi connectivity index (χ3n) is 3.16. The number of thiazole rings is 1. The molecule has 0 saturated heterocycles. The van der Waals surface area contributed by atoms with Crippen LogP contribution in [0.5, 0.6) is 0 Å². The molecule has 0 spiro atoms. The van der Waals surface area contributed by atoms with Crippen molar-refractivity contribution in [3.63, 3.8) is 0 Å². The fourth-order valence-corrected chi connectivity index (χ4v) is 3.07. The van der Waals surface area contributed by atoms with Crippen LogP contribution in [0.3, 0.4) is 0 Å². The number of aliphatic imine (C=N–C) groups is 1. The SMILES string of the molecule is Cc1ccc(-c2sc(/N=C\N)nc2-c2ccccc2)cc1. The van der Waals surface area contributed by atoms with Crippen LogP contribution in [0, 0.1) is 6.92 Å². The van der Waals surface area contributed by atoms with Gasteiger partial charge < -0.3 is 5.73 Å². The van der Waals surface area contributed by atoms with Crippen LogP contribution >= 0.6 is 11.3 Å². The summed E-state index contributed by atoms with van der Waals surface area (Å²) in [5.41, 5.74) is 9.82. The number of benzene rings is 2. The number of hydrogen-bond donors (Lipinski definition) is 1. The Labute approximate surface area is 127 Å². The first-order valence-corrected chi connectivity index (χ1v) is 7.47. The molecule has 0 amide bonds. The van der Waals surface area contributed by atoms with Gasteiger partial charge in [0.1, 0.15) is 0 Å². The van der Waals surface area contributed by atoms with E-state index in [-0.39, 0.29) is 0 Å². The quantitative estimate of drug-likeness (QED) is 0.574. The molecule has 3 rings (SSSR count). The average molecular weight is 293 g/mol. The van der Waals surface area contributed by atoms with Crippen molar-refractivity contribution in [2.45, 2.75) is 6.92 Å². The van der Waals surface area contributed by atoms with Gasteiger partial charge in [0.15, 0.2) is 0 Å². The van der Waals surface area contributed by atoms with Crippen LogP contribution in [0.2, 0.25) is 0 Å². The van der Waals surface area contributed by atoms with Crippen LogP contribution in [0.25, 0.3) is 21.7 Å². The van der Waals surface area contributed by atoms with Crippen LogP contribution < -0.4 is 5.73 Å². The topological polar surface area (TPSA) is 51.3 Å². The second-order valence-corrected chi connectivity index (χ2v) is 5.66. The highest BCUT2D eigenvalue weighted by Gasteiger charge is 2.14. The molecule has 0 unspecified atom stereocenters. The molecule has 3 nitrogen and oxygen atoms in total. The summed E-state index contributed by atoms with van der Waals surface area (Å²) in [5.74, 6) is 0. The smallest absolute Gasteiger partial charge is 0.211 e. The molecule has 2 N–H and O–H groups in total. The summed E-state index contributed by atoms with van der Waals surface area (Å²) in [7, 11) is 0. The molecule has 0 aliphatic carbocycles. The van der Waals surface area contributed by atoms with E-state index in [2.05, 4.69) is 53.3 Å². The Bertz CT molecular complexity index is 758. The molecule has 104 valence electrons. The molecule has 0 bridgehead atoms. The Morgan fingerprint density at radius 3 is 2.38 bits per heavy atom. The lowest BCUT2D eigenvalue weighted by Gasteiger charge is -2.03. The van der Waals surface area contributed by atoms with Crippen LogP contribution in [0.1, 0.15) is 5.56 Å². The molecule has 0 fully saturated rings. The van der Waals surface area contributed by atoms with Crippen molar-refractivity contribution >= 4 is 22.8 Å². The average Bonchev–Trinajstić information content (AvgIpc) is 2.93. The zero-order valence-corrected chi connectivity index (χ0v) is 12.5. The lowest BCUT2D eigenvalue weighted by molar-refractivity contribution is 1.35. The van der Waals surface area contributed by atoms with Gasteiger partial charge in [-0.3, -0.25) is 0 Å². The molecule has 2 aromatic carbocycles. The maximum Gasteiger partial charge on any atom is 0.211 e. The van der Waals surface area contributed by atoms with Crippen LogP contribution in [0.15, 0.2) is 59.6 Å². The van der Waals surface area contributed by atoms with Crippen LogP contribution in [-0.4, -0.2) is 11.3 Å². The molecule has 3 aromatic rings. The largest absolute Gasteiger partial charge is 0.390 e. The molecule has 0 aliphatic rings. The zero-order valence-electron chi connectivity index (χ0n) is 11.7. The van der Waals surface area contributed by atoms with Gasteiger partial charge in [-0.1, -0.05) is 71.5 Å². The number of rotatable bonds is 3. The van der Waals surface area contributed by atoms with Crippen molar-refractivity contribution < 1.29 is 0 Å². The Kier molecular flexibility index (Phi) is 3.79. The lowest BCUT2D eigenvalue weighted by atomic mass is 10.1. The molecule has 4 heteroatoms. The Morgan fingerprint density at radius 2 is 1.71 bits per heavy atom. The number of aryl methyl sites for hydroxylation is 1. The summed E-state index contributed by atoms with van der Waals surface area (Å²) in [5, 5.41) is 0.673. The van der Waals surface area contributed by atoms with Gasteiger partial charge in [0.25, 0.3) is 0 Å². The third kappa shape index (κ3) is 2.85. The Morgan fingerprint density at radius 1 is 1.00 bits per heavy atom. The van der Waals surface area contributed by atoms with Gasteiger partial charge in [0, 0.05) is 5.56 Å². The zero-order chi connectivity index (χ0) is 14.7. The standard InChI is InChI=1S/C17H15N3S/c1-12-7-9-14(10-8-12)16-15(13-5-3-2-4-6-13)20-17(21-16)19-11-18/h2-11H,1H3,(H2,18,19,20). The van der Waals surface area contributed by atoms with Crippen molar-refractivity contribution in [3.05, 3.63) is 60.2 Å². The minimum Gasteiger partial charge on any atom is -0.390 e. The van der Waals surface area contributed by atoms with Crippen molar-refractivity contribution in [1.82, 2.24) is 4.98 Å². The predicted octanol–water partition coefficient (Wildman–Crippen LogP) is 4.40. The number of nitrogens with two attached hydrogens (primary N) is 1. The predicted molar refractivity (Wildman–Crippen MR) is 90.1 cm³/mol. The van der Waals surface area contributed by atoms with Crippen molar-refractivity contribution in [2.24, 2.45) is 10.7 Å². The van der Waals surface area contributed by atoms with Gasteiger partial charge >= 0.3 is 0 Å². The highest BCUT2D eigenvalue weighted by molar-refractivity contribution is 7.19.